The number of aromatic nitrogens is 3. The highest BCUT2D eigenvalue weighted by molar-refractivity contribution is 9.10. The molecule has 84 valence electrons. The Labute approximate surface area is 110 Å². The van der Waals surface area contributed by atoms with Crippen LogP contribution in [0.2, 0.25) is 0 Å². The van der Waals surface area contributed by atoms with Gasteiger partial charge in [0.25, 0.3) is 0 Å². The standard InChI is InChI=1S/C9H9BrN4S2/c1-2-8-12-13-9(15)14(8)11-4-7-3-6(10)5-16-7/h3-5H,2H2,1H3,(H,13,15). The van der Waals surface area contributed by atoms with E-state index in [2.05, 4.69) is 31.2 Å². The van der Waals surface area contributed by atoms with Gasteiger partial charge in [0.15, 0.2) is 5.82 Å². The molecular weight excluding hydrogens is 308 g/mol. The monoisotopic (exact) mass is 316 g/mol. The molecule has 0 unspecified atom stereocenters. The van der Waals surface area contributed by atoms with Gasteiger partial charge in [0, 0.05) is 21.2 Å². The zero-order chi connectivity index (χ0) is 11.5. The molecule has 0 radical (unpaired) electrons. The molecule has 16 heavy (non-hydrogen) atoms. The van der Waals surface area contributed by atoms with Crippen LogP contribution in [0.3, 0.4) is 0 Å². The number of aryl methyl sites for hydroxylation is 1. The van der Waals surface area contributed by atoms with E-state index >= 15 is 0 Å². The number of nitrogens with one attached hydrogen (secondary N) is 1. The zero-order valence-electron chi connectivity index (χ0n) is 8.48. The number of H-pyrrole nitrogens is 1. The quantitative estimate of drug-likeness (QED) is 0.698. The van der Waals surface area contributed by atoms with Crippen LogP contribution in [0.15, 0.2) is 21.0 Å². The van der Waals surface area contributed by atoms with Crippen molar-refractivity contribution >= 4 is 45.7 Å². The number of nitrogens with zero attached hydrogens (tertiary/aromatic N) is 3. The largest absolute Gasteiger partial charge is 0.250 e. The van der Waals surface area contributed by atoms with Gasteiger partial charge in [-0.15, -0.1) is 11.3 Å². The van der Waals surface area contributed by atoms with E-state index in [1.165, 1.54) is 0 Å². The molecule has 4 nitrogen and oxygen atoms in total. The molecule has 0 spiro atoms. The minimum atomic E-state index is 0.517. The van der Waals surface area contributed by atoms with Crippen molar-refractivity contribution in [2.24, 2.45) is 5.10 Å². The Morgan fingerprint density at radius 2 is 2.56 bits per heavy atom. The van der Waals surface area contributed by atoms with Crippen LogP contribution in [0.5, 0.6) is 0 Å². The van der Waals surface area contributed by atoms with E-state index in [1.807, 2.05) is 18.4 Å². The van der Waals surface area contributed by atoms with E-state index in [9.17, 15) is 0 Å². The second-order valence-corrected chi connectivity index (χ2v) is 5.27. The highest BCUT2D eigenvalue weighted by atomic mass is 79.9. The summed E-state index contributed by atoms with van der Waals surface area (Å²) < 4.78 is 3.22. The minimum Gasteiger partial charge on any atom is -0.250 e. The molecule has 0 aliphatic rings. The molecule has 0 bridgehead atoms. The molecule has 7 heteroatoms. The van der Waals surface area contributed by atoms with Crippen molar-refractivity contribution in [2.75, 3.05) is 0 Å². The third kappa shape index (κ3) is 2.47. The summed E-state index contributed by atoms with van der Waals surface area (Å²) in [6, 6.07) is 2.00. The lowest BCUT2D eigenvalue weighted by atomic mass is 10.5. The first-order chi connectivity index (χ1) is 7.70. The van der Waals surface area contributed by atoms with Gasteiger partial charge in [-0.2, -0.15) is 14.9 Å². The van der Waals surface area contributed by atoms with Crippen molar-refractivity contribution in [3.05, 3.63) is 31.4 Å². The fraction of sp³-hybridized carbons (Fsp3) is 0.222. The fourth-order valence-electron chi connectivity index (χ4n) is 1.18. The molecule has 0 atom stereocenters. The predicted molar refractivity (Wildman–Crippen MR) is 71.8 cm³/mol. The molecule has 1 N–H and O–H groups in total. The first-order valence-electron chi connectivity index (χ1n) is 4.65. The summed E-state index contributed by atoms with van der Waals surface area (Å²) in [5.74, 6) is 0.830. The van der Waals surface area contributed by atoms with Gasteiger partial charge < -0.3 is 0 Å². The van der Waals surface area contributed by atoms with Gasteiger partial charge in [0.05, 0.1) is 6.21 Å². The molecule has 0 amide bonds. The van der Waals surface area contributed by atoms with Gasteiger partial charge in [-0.3, -0.25) is 5.10 Å². The van der Waals surface area contributed by atoms with Crippen molar-refractivity contribution in [1.29, 1.82) is 0 Å². The number of rotatable bonds is 3. The highest BCUT2D eigenvalue weighted by Crippen LogP contribution is 2.18. The molecule has 0 saturated heterocycles. The smallest absolute Gasteiger partial charge is 0.216 e. The van der Waals surface area contributed by atoms with E-state index in [0.29, 0.717) is 4.77 Å². The van der Waals surface area contributed by atoms with Crippen LogP contribution >= 0.6 is 39.5 Å². The number of aromatic amines is 1. The van der Waals surface area contributed by atoms with Gasteiger partial charge >= 0.3 is 0 Å². The maximum absolute atomic E-state index is 5.09. The first kappa shape index (κ1) is 11.7. The lowest BCUT2D eigenvalue weighted by molar-refractivity contribution is 0.780. The van der Waals surface area contributed by atoms with E-state index in [0.717, 1.165) is 21.6 Å². The van der Waals surface area contributed by atoms with Gasteiger partial charge in [0.2, 0.25) is 4.77 Å². The molecule has 2 rings (SSSR count). The first-order valence-corrected chi connectivity index (χ1v) is 6.73. The zero-order valence-corrected chi connectivity index (χ0v) is 11.7. The molecule has 0 aromatic carbocycles. The summed E-state index contributed by atoms with van der Waals surface area (Å²) in [5, 5.41) is 13.1. The third-order valence-electron chi connectivity index (χ3n) is 1.92. The van der Waals surface area contributed by atoms with Gasteiger partial charge in [0.1, 0.15) is 0 Å². The molecule has 0 saturated carbocycles. The molecule has 0 fully saturated rings. The lowest BCUT2D eigenvalue weighted by Crippen LogP contribution is -1.96. The number of hydrogen-bond donors (Lipinski definition) is 1. The average molecular weight is 317 g/mol. The second kappa shape index (κ2) is 5.03. The van der Waals surface area contributed by atoms with E-state index in [1.54, 1.807) is 22.2 Å². The summed E-state index contributed by atoms with van der Waals surface area (Å²) in [7, 11) is 0. The van der Waals surface area contributed by atoms with E-state index < -0.39 is 0 Å². The number of thiophene rings is 1. The molecule has 2 aromatic rings. The molecule has 2 aromatic heterocycles. The Bertz CT molecular complexity index is 566. The summed E-state index contributed by atoms with van der Waals surface area (Å²) in [6.45, 7) is 2.01. The minimum absolute atomic E-state index is 0.517. The van der Waals surface area contributed by atoms with Crippen LogP contribution in [-0.2, 0) is 6.42 Å². The normalized spacial score (nSPS) is 11.4. The van der Waals surface area contributed by atoms with Crippen molar-refractivity contribution < 1.29 is 0 Å². The maximum atomic E-state index is 5.09. The Hall–Kier alpha value is -0.790. The van der Waals surface area contributed by atoms with Crippen molar-refractivity contribution in [3.8, 4) is 0 Å². The van der Waals surface area contributed by atoms with Crippen LogP contribution in [-0.4, -0.2) is 21.1 Å². The molecule has 0 aliphatic carbocycles. The molecular formula is C9H9BrN4S2. The molecule has 2 heterocycles. The van der Waals surface area contributed by atoms with Crippen LogP contribution in [0, 0.1) is 4.77 Å². The van der Waals surface area contributed by atoms with Crippen LogP contribution in [0.4, 0.5) is 0 Å². The van der Waals surface area contributed by atoms with Crippen molar-refractivity contribution in [1.82, 2.24) is 14.9 Å². The predicted octanol–water partition coefficient (Wildman–Crippen LogP) is 3.21. The Balaban J connectivity index is 2.29. The Morgan fingerprint density at radius 1 is 1.75 bits per heavy atom. The highest BCUT2D eigenvalue weighted by Gasteiger charge is 2.01. The van der Waals surface area contributed by atoms with Crippen LogP contribution < -0.4 is 0 Å². The van der Waals surface area contributed by atoms with Gasteiger partial charge in [-0.1, -0.05) is 6.92 Å². The van der Waals surface area contributed by atoms with Gasteiger partial charge in [-0.05, 0) is 34.2 Å². The van der Waals surface area contributed by atoms with Crippen molar-refractivity contribution in [3.63, 3.8) is 0 Å². The summed E-state index contributed by atoms with van der Waals surface area (Å²) in [6.07, 6.45) is 2.57. The topological polar surface area (TPSA) is 46.0 Å². The van der Waals surface area contributed by atoms with E-state index in [4.69, 9.17) is 12.2 Å². The number of hydrogen-bond acceptors (Lipinski definition) is 4. The maximum Gasteiger partial charge on any atom is 0.216 e. The fourth-order valence-corrected chi connectivity index (χ4v) is 2.68. The summed E-state index contributed by atoms with van der Waals surface area (Å²) >= 11 is 10.1. The summed E-state index contributed by atoms with van der Waals surface area (Å²) in [4.78, 5) is 1.07. The molecule has 0 aliphatic heterocycles. The lowest BCUT2D eigenvalue weighted by Gasteiger charge is -1.94. The second-order valence-electron chi connectivity index (χ2n) is 3.02. The van der Waals surface area contributed by atoms with E-state index in [-0.39, 0.29) is 0 Å². The Morgan fingerprint density at radius 3 is 3.19 bits per heavy atom. The number of halogens is 1. The average Bonchev–Trinajstić information content (AvgIpc) is 2.82. The van der Waals surface area contributed by atoms with Gasteiger partial charge in [-0.25, -0.2) is 0 Å². The van der Waals surface area contributed by atoms with Crippen LogP contribution in [0.25, 0.3) is 0 Å². The van der Waals surface area contributed by atoms with Crippen molar-refractivity contribution in [2.45, 2.75) is 13.3 Å². The van der Waals surface area contributed by atoms with Crippen LogP contribution in [0.1, 0.15) is 17.6 Å². The summed E-state index contributed by atoms with van der Waals surface area (Å²) in [5.41, 5.74) is 0. The SMILES string of the molecule is CCc1n[nH]c(=S)n1N=Cc1cc(Br)cs1. The Kier molecular flexibility index (Phi) is 3.67. The third-order valence-corrected chi connectivity index (χ3v) is 3.81.